The molecule has 2 atom stereocenters. The van der Waals surface area contributed by atoms with E-state index in [0.717, 1.165) is 10.0 Å². The van der Waals surface area contributed by atoms with Crippen molar-refractivity contribution >= 4 is 21.9 Å². The molecule has 6 heteroatoms. The largest absolute Gasteiger partial charge is 0.468 e. The number of carbonyl (C=O) groups excluding carboxylic acids is 1. The molecule has 0 radical (unpaired) electrons. The number of methoxy groups -OCH3 is 1. The molecule has 0 bridgehead atoms. The van der Waals surface area contributed by atoms with Crippen LogP contribution < -0.4 is 0 Å². The number of rotatable bonds is 3. The Hall–Kier alpha value is -0.980. The monoisotopic (exact) mass is 314 g/mol. The SMILES string of the molecule is COC(=O)C1CC(O)CN1Cc1cncc(Br)c1. The summed E-state index contributed by atoms with van der Waals surface area (Å²) in [5.41, 5.74) is 0.993. The molecule has 0 amide bonds. The van der Waals surface area contributed by atoms with E-state index in [0.29, 0.717) is 19.5 Å². The topological polar surface area (TPSA) is 62.7 Å². The van der Waals surface area contributed by atoms with Crippen LogP contribution in [0.15, 0.2) is 22.9 Å². The van der Waals surface area contributed by atoms with E-state index in [1.54, 1.807) is 12.4 Å². The molecule has 5 nitrogen and oxygen atoms in total. The smallest absolute Gasteiger partial charge is 0.323 e. The van der Waals surface area contributed by atoms with Gasteiger partial charge in [0.25, 0.3) is 0 Å². The molecule has 1 aliphatic rings. The lowest BCUT2D eigenvalue weighted by Gasteiger charge is -2.21. The predicted octanol–water partition coefficient (Wildman–Crippen LogP) is 0.952. The Kier molecular flexibility index (Phi) is 4.31. The van der Waals surface area contributed by atoms with Crippen LogP contribution in [0.5, 0.6) is 0 Å². The van der Waals surface area contributed by atoms with Gasteiger partial charge in [-0.1, -0.05) is 0 Å². The summed E-state index contributed by atoms with van der Waals surface area (Å²) in [5.74, 6) is -0.297. The van der Waals surface area contributed by atoms with Crippen molar-refractivity contribution in [2.75, 3.05) is 13.7 Å². The fourth-order valence-corrected chi connectivity index (χ4v) is 2.62. The van der Waals surface area contributed by atoms with Gasteiger partial charge in [0.05, 0.1) is 13.2 Å². The first-order chi connectivity index (χ1) is 8.60. The highest BCUT2D eigenvalue weighted by molar-refractivity contribution is 9.10. The standard InChI is InChI=1S/C12H15BrN2O3/c1-18-12(17)11-3-10(16)7-15(11)6-8-2-9(13)5-14-4-8/h2,4-5,10-11,16H,3,6-7H2,1H3. The van der Waals surface area contributed by atoms with Crippen LogP contribution in [0.1, 0.15) is 12.0 Å². The molecule has 1 N–H and O–H groups in total. The van der Waals surface area contributed by atoms with E-state index in [4.69, 9.17) is 4.74 Å². The van der Waals surface area contributed by atoms with Crippen molar-refractivity contribution in [1.29, 1.82) is 0 Å². The normalized spacial score (nSPS) is 24.2. The maximum atomic E-state index is 11.6. The summed E-state index contributed by atoms with van der Waals surface area (Å²) < 4.78 is 5.66. The number of β-amino-alcohol motifs (C(OH)–C–C–N with tert-alkyl or cyclic N) is 1. The lowest BCUT2D eigenvalue weighted by atomic mass is 10.2. The number of nitrogens with zero attached hydrogens (tertiary/aromatic N) is 2. The van der Waals surface area contributed by atoms with Gasteiger partial charge < -0.3 is 9.84 Å². The summed E-state index contributed by atoms with van der Waals surface area (Å²) in [6.07, 6.45) is 3.41. The van der Waals surface area contributed by atoms with Gasteiger partial charge >= 0.3 is 5.97 Å². The zero-order valence-corrected chi connectivity index (χ0v) is 11.6. The van der Waals surface area contributed by atoms with E-state index >= 15 is 0 Å². The number of esters is 1. The molecule has 98 valence electrons. The molecule has 18 heavy (non-hydrogen) atoms. The number of pyridine rings is 1. The fraction of sp³-hybridized carbons (Fsp3) is 0.500. The van der Waals surface area contributed by atoms with Gasteiger partial charge in [0.2, 0.25) is 0 Å². The third-order valence-electron chi connectivity index (χ3n) is 3.00. The summed E-state index contributed by atoms with van der Waals surface area (Å²) in [7, 11) is 1.37. The fourth-order valence-electron chi connectivity index (χ4n) is 2.21. The van der Waals surface area contributed by atoms with Crippen LogP contribution in [0.25, 0.3) is 0 Å². The van der Waals surface area contributed by atoms with Crippen molar-refractivity contribution in [3.63, 3.8) is 0 Å². The number of carbonyl (C=O) groups is 1. The van der Waals surface area contributed by atoms with E-state index in [-0.39, 0.29) is 12.0 Å². The Morgan fingerprint density at radius 3 is 3.11 bits per heavy atom. The molecule has 0 aromatic carbocycles. The molecule has 2 unspecified atom stereocenters. The second-order valence-electron chi connectivity index (χ2n) is 4.37. The third kappa shape index (κ3) is 3.07. The van der Waals surface area contributed by atoms with Crippen molar-refractivity contribution in [2.45, 2.75) is 25.1 Å². The Balaban J connectivity index is 2.09. The van der Waals surface area contributed by atoms with E-state index in [2.05, 4.69) is 20.9 Å². The van der Waals surface area contributed by atoms with E-state index in [1.807, 2.05) is 11.0 Å². The van der Waals surface area contributed by atoms with Gasteiger partial charge in [0.1, 0.15) is 6.04 Å². The average Bonchev–Trinajstić information content (AvgIpc) is 2.69. The number of halogens is 1. The Morgan fingerprint density at radius 2 is 2.44 bits per heavy atom. The Morgan fingerprint density at radius 1 is 1.67 bits per heavy atom. The summed E-state index contributed by atoms with van der Waals surface area (Å²) in [4.78, 5) is 17.6. The van der Waals surface area contributed by atoms with Crippen LogP contribution in [-0.2, 0) is 16.1 Å². The Bertz CT molecular complexity index is 441. The van der Waals surface area contributed by atoms with E-state index < -0.39 is 6.10 Å². The van der Waals surface area contributed by atoms with Crippen molar-refractivity contribution in [3.8, 4) is 0 Å². The number of aromatic nitrogens is 1. The third-order valence-corrected chi connectivity index (χ3v) is 3.44. The number of hydrogen-bond acceptors (Lipinski definition) is 5. The van der Waals surface area contributed by atoms with Gasteiger partial charge in [0.15, 0.2) is 0 Å². The summed E-state index contributed by atoms with van der Waals surface area (Å²) in [6.45, 7) is 1.05. The van der Waals surface area contributed by atoms with Crippen molar-refractivity contribution < 1.29 is 14.6 Å². The maximum absolute atomic E-state index is 11.6. The van der Waals surface area contributed by atoms with Crippen LogP contribution >= 0.6 is 15.9 Å². The summed E-state index contributed by atoms with van der Waals surface area (Å²) in [6, 6.07) is 1.58. The van der Waals surface area contributed by atoms with Gasteiger partial charge in [-0.25, -0.2) is 0 Å². The molecule has 1 aromatic heterocycles. The zero-order valence-electron chi connectivity index (χ0n) is 10.0. The van der Waals surface area contributed by atoms with Crippen molar-refractivity contribution in [3.05, 3.63) is 28.5 Å². The molecule has 0 saturated carbocycles. The number of aliphatic hydroxyl groups is 1. The Labute approximate surface area is 114 Å². The molecule has 2 rings (SSSR count). The highest BCUT2D eigenvalue weighted by atomic mass is 79.9. The van der Waals surface area contributed by atoms with Crippen LogP contribution in [0.4, 0.5) is 0 Å². The molecule has 1 saturated heterocycles. The highest BCUT2D eigenvalue weighted by Gasteiger charge is 2.36. The van der Waals surface area contributed by atoms with Crippen molar-refractivity contribution in [1.82, 2.24) is 9.88 Å². The minimum absolute atomic E-state index is 0.297. The average molecular weight is 315 g/mol. The van der Waals surface area contributed by atoms with Crippen molar-refractivity contribution in [2.24, 2.45) is 0 Å². The van der Waals surface area contributed by atoms with Crippen LogP contribution in [0.3, 0.4) is 0 Å². The predicted molar refractivity (Wildman–Crippen MR) is 68.8 cm³/mol. The van der Waals surface area contributed by atoms with E-state index in [9.17, 15) is 9.90 Å². The maximum Gasteiger partial charge on any atom is 0.323 e. The van der Waals surface area contributed by atoms with Crippen LogP contribution in [0.2, 0.25) is 0 Å². The molecule has 0 spiro atoms. The molecular formula is C12H15BrN2O3. The minimum atomic E-state index is -0.478. The molecule has 1 aliphatic heterocycles. The van der Waals surface area contributed by atoms with Crippen LogP contribution in [0, 0.1) is 0 Å². The van der Waals surface area contributed by atoms with Gasteiger partial charge in [-0.2, -0.15) is 0 Å². The summed E-state index contributed by atoms with van der Waals surface area (Å²) >= 11 is 3.36. The van der Waals surface area contributed by atoms with Gasteiger partial charge in [-0.05, 0) is 27.6 Å². The van der Waals surface area contributed by atoms with Gasteiger partial charge in [-0.3, -0.25) is 14.7 Å². The van der Waals surface area contributed by atoms with Gasteiger partial charge in [-0.15, -0.1) is 0 Å². The second-order valence-corrected chi connectivity index (χ2v) is 5.29. The van der Waals surface area contributed by atoms with Crippen LogP contribution in [-0.4, -0.2) is 46.8 Å². The first kappa shape index (κ1) is 13.5. The number of ether oxygens (including phenoxy) is 1. The number of hydrogen-bond donors (Lipinski definition) is 1. The van der Waals surface area contributed by atoms with E-state index in [1.165, 1.54) is 7.11 Å². The molecule has 0 aliphatic carbocycles. The molecule has 1 aromatic rings. The molecule has 2 heterocycles. The molecular weight excluding hydrogens is 300 g/mol. The lowest BCUT2D eigenvalue weighted by Crippen LogP contribution is -2.36. The first-order valence-electron chi connectivity index (χ1n) is 5.69. The number of aliphatic hydroxyl groups excluding tert-OH is 1. The number of likely N-dealkylation sites (tertiary alicyclic amines) is 1. The van der Waals surface area contributed by atoms with Gasteiger partial charge in [0, 0.05) is 36.4 Å². The summed E-state index contributed by atoms with van der Waals surface area (Å²) in [5, 5.41) is 9.67. The lowest BCUT2D eigenvalue weighted by molar-refractivity contribution is -0.146. The minimum Gasteiger partial charge on any atom is -0.468 e. The highest BCUT2D eigenvalue weighted by Crippen LogP contribution is 2.22. The second kappa shape index (κ2) is 5.77. The zero-order chi connectivity index (χ0) is 13.1. The molecule has 1 fully saturated rings. The first-order valence-corrected chi connectivity index (χ1v) is 6.49. The quantitative estimate of drug-likeness (QED) is 0.842.